The first-order valence-electron chi connectivity index (χ1n) is 10.4. The fourth-order valence-electron chi connectivity index (χ4n) is 4.41. The van der Waals surface area contributed by atoms with Crippen molar-refractivity contribution in [1.82, 2.24) is 4.98 Å². The van der Waals surface area contributed by atoms with Crippen LogP contribution < -0.4 is 5.32 Å². The Morgan fingerprint density at radius 3 is 2.48 bits per heavy atom. The van der Waals surface area contributed by atoms with Crippen molar-refractivity contribution in [3.63, 3.8) is 0 Å². The van der Waals surface area contributed by atoms with E-state index < -0.39 is 0 Å². The maximum Gasteiger partial charge on any atom is 0.255 e. The fourth-order valence-corrected chi connectivity index (χ4v) is 4.64. The lowest BCUT2D eigenvalue weighted by atomic mass is 9.94. The highest BCUT2D eigenvalue weighted by Gasteiger charge is 2.27. The molecule has 1 aromatic heterocycles. The van der Waals surface area contributed by atoms with Crippen LogP contribution in [0.1, 0.15) is 40.7 Å². The van der Waals surface area contributed by atoms with Crippen molar-refractivity contribution in [1.29, 1.82) is 0 Å². The molecule has 4 heteroatoms. The fraction of sp³-hybridized carbons (Fsp3) is 0.111. The number of aromatic nitrogens is 1. The summed E-state index contributed by atoms with van der Waals surface area (Å²) in [7, 11) is 0. The second kappa shape index (κ2) is 8.01. The van der Waals surface area contributed by atoms with E-state index >= 15 is 0 Å². The minimum atomic E-state index is -0.142. The van der Waals surface area contributed by atoms with Crippen molar-refractivity contribution < 1.29 is 4.79 Å². The average Bonchev–Trinajstić information content (AvgIpc) is 3.12. The highest BCUT2D eigenvalue weighted by Crippen LogP contribution is 2.47. The SMILES string of the molecule is CCC1c2ccccc2-c2cc(NC(=O)c3ccc(-c4ncccc4Cl)cc3)ccc21. The van der Waals surface area contributed by atoms with Gasteiger partial charge in [-0.1, -0.05) is 61.0 Å². The summed E-state index contributed by atoms with van der Waals surface area (Å²) in [6.45, 7) is 2.22. The van der Waals surface area contributed by atoms with Crippen LogP contribution in [0.25, 0.3) is 22.4 Å². The van der Waals surface area contributed by atoms with Gasteiger partial charge in [-0.15, -0.1) is 0 Å². The quantitative estimate of drug-likeness (QED) is 0.377. The molecule has 1 atom stereocenters. The maximum atomic E-state index is 12.8. The van der Waals surface area contributed by atoms with Gasteiger partial charge in [-0.2, -0.15) is 0 Å². The van der Waals surface area contributed by atoms with Crippen LogP contribution in [0.4, 0.5) is 5.69 Å². The zero-order valence-electron chi connectivity index (χ0n) is 17.1. The number of halogens is 1. The van der Waals surface area contributed by atoms with E-state index in [2.05, 4.69) is 53.6 Å². The molecule has 0 radical (unpaired) electrons. The molecule has 1 unspecified atom stereocenters. The molecular weight excluding hydrogens is 404 g/mol. The molecule has 0 spiro atoms. The summed E-state index contributed by atoms with van der Waals surface area (Å²) in [6, 6.07) is 25.7. The molecule has 1 amide bonds. The Balaban J connectivity index is 1.39. The summed E-state index contributed by atoms with van der Waals surface area (Å²) in [6.07, 6.45) is 2.76. The molecular formula is C27H21ClN2O. The zero-order valence-corrected chi connectivity index (χ0v) is 17.9. The van der Waals surface area contributed by atoms with E-state index in [0.29, 0.717) is 22.2 Å². The third kappa shape index (κ3) is 3.51. The van der Waals surface area contributed by atoms with Gasteiger partial charge in [0.25, 0.3) is 5.91 Å². The molecule has 0 saturated carbocycles. The molecule has 1 N–H and O–H groups in total. The lowest BCUT2D eigenvalue weighted by Gasteiger charge is -2.11. The molecule has 31 heavy (non-hydrogen) atoms. The number of pyridine rings is 1. The van der Waals surface area contributed by atoms with E-state index in [4.69, 9.17) is 11.6 Å². The first kappa shape index (κ1) is 19.5. The Kier molecular flexibility index (Phi) is 5.05. The van der Waals surface area contributed by atoms with Gasteiger partial charge < -0.3 is 5.32 Å². The van der Waals surface area contributed by atoms with Crippen molar-refractivity contribution in [2.45, 2.75) is 19.3 Å². The second-order valence-corrected chi connectivity index (χ2v) is 8.12. The molecule has 0 aliphatic heterocycles. The summed E-state index contributed by atoms with van der Waals surface area (Å²) in [5.41, 5.74) is 8.14. The van der Waals surface area contributed by atoms with Crippen LogP contribution in [0, 0.1) is 0 Å². The van der Waals surface area contributed by atoms with Crippen molar-refractivity contribution in [2.75, 3.05) is 5.32 Å². The first-order chi connectivity index (χ1) is 15.2. The van der Waals surface area contributed by atoms with Gasteiger partial charge in [-0.3, -0.25) is 9.78 Å². The lowest BCUT2D eigenvalue weighted by molar-refractivity contribution is 0.102. The molecule has 1 heterocycles. The van der Waals surface area contributed by atoms with Gasteiger partial charge in [0, 0.05) is 28.9 Å². The predicted octanol–water partition coefficient (Wildman–Crippen LogP) is 7.18. The van der Waals surface area contributed by atoms with Crippen molar-refractivity contribution >= 4 is 23.2 Å². The standard InChI is InChI=1S/C27H21ClN2O/c1-2-20-21-6-3-4-7-22(21)24-16-19(13-14-23(20)24)30-27(31)18-11-9-17(10-12-18)26-25(28)8-5-15-29-26/h3-16,20H,2H2,1H3,(H,30,31). The molecule has 4 aromatic rings. The van der Waals surface area contributed by atoms with E-state index in [1.807, 2.05) is 18.2 Å². The smallest absolute Gasteiger partial charge is 0.255 e. The van der Waals surface area contributed by atoms with Crippen LogP contribution >= 0.6 is 11.6 Å². The molecule has 152 valence electrons. The van der Waals surface area contributed by atoms with E-state index in [0.717, 1.165) is 17.7 Å². The first-order valence-corrected chi connectivity index (χ1v) is 10.8. The van der Waals surface area contributed by atoms with E-state index in [9.17, 15) is 4.79 Å². The van der Waals surface area contributed by atoms with E-state index in [-0.39, 0.29) is 5.91 Å². The number of hydrogen-bond donors (Lipinski definition) is 1. The van der Waals surface area contributed by atoms with Crippen LogP contribution in [-0.2, 0) is 0 Å². The van der Waals surface area contributed by atoms with Crippen LogP contribution in [0.2, 0.25) is 5.02 Å². The minimum Gasteiger partial charge on any atom is -0.322 e. The van der Waals surface area contributed by atoms with Gasteiger partial charge in [-0.05, 0) is 65.1 Å². The number of carbonyl (C=O) groups is 1. The Morgan fingerprint density at radius 2 is 1.71 bits per heavy atom. The topological polar surface area (TPSA) is 42.0 Å². The number of hydrogen-bond acceptors (Lipinski definition) is 2. The number of fused-ring (bicyclic) bond motifs is 3. The van der Waals surface area contributed by atoms with Gasteiger partial charge in [0.1, 0.15) is 0 Å². The van der Waals surface area contributed by atoms with Gasteiger partial charge in [-0.25, -0.2) is 0 Å². The predicted molar refractivity (Wildman–Crippen MR) is 127 cm³/mol. The van der Waals surface area contributed by atoms with Gasteiger partial charge in [0.2, 0.25) is 0 Å². The number of rotatable bonds is 4. The van der Waals surface area contributed by atoms with Crippen molar-refractivity contribution in [2.24, 2.45) is 0 Å². The summed E-state index contributed by atoms with van der Waals surface area (Å²) in [4.78, 5) is 17.2. The number of carbonyl (C=O) groups excluding carboxylic acids is 1. The molecule has 0 saturated heterocycles. The van der Waals surface area contributed by atoms with Crippen molar-refractivity contribution in [3.8, 4) is 22.4 Å². The Hall–Kier alpha value is -3.43. The van der Waals surface area contributed by atoms with Crippen molar-refractivity contribution in [3.05, 3.63) is 107 Å². The molecule has 0 fully saturated rings. The second-order valence-electron chi connectivity index (χ2n) is 7.72. The van der Waals surface area contributed by atoms with Crippen LogP contribution in [0.3, 0.4) is 0 Å². The molecule has 1 aliphatic carbocycles. The number of amides is 1. The molecule has 0 bridgehead atoms. The normalized spacial score (nSPS) is 14.1. The number of nitrogens with zero attached hydrogens (tertiary/aromatic N) is 1. The Morgan fingerprint density at radius 1 is 0.935 bits per heavy atom. The minimum absolute atomic E-state index is 0.142. The van der Waals surface area contributed by atoms with Gasteiger partial charge >= 0.3 is 0 Å². The summed E-state index contributed by atoms with van der Waals surface area (Å²) < 4.78 is 0. The number of benzene rings is 3. The third-order valence-electron chi connectivity index (χ3n) is 5.90. The van der Waals surface area contributed by atoms with Crippen LogP contribution in [0.5, 0.6) is 0 Å². The largest absolute Gasteiger partial charge is 0.322 e. The highest BCUT2D eigenvalue weighted by molar-refractivity contribution is 6.33. The third-order valence-corrected chi connectivity index (χ3v) is 6.21. The summed E-state index contributed by atoms with van der Waals surface area (Å²) >= 11 is 6.23. The molecule has 5 rings (SSSR count). The summed E-state index contributed by atoms with van der Waals surface area (Å²) in [5.74, 6) is 0.277. The lowest BCUT2D eigenvalue weighted by Crippen LogP contribution is -2.11. The highest BCUT2D eigenvalue weighted by atomic mass is 35.5. The van der Waals surface area contributed by atoms with Crippen LogP contribution in [0.15, 0.2) is 85.1 Å². The average molecular weight is 425 g/mol. The van der Waals surface area contributed by atoms with Gasteiger partial charge in [0.05, 0.1) is 10.7 Å². The Labute approximate surface area is 186 Å². The number of nitrogens with one attached hydrogen (secondary N) is 1. The van der Waals surface area contributed by atoms with E-state index in [1.165, 1.54) is 22.3 Å². The molecule has 3 nitrogen and oxygen atoms in total. The monoisotopic (exact) mass is 424 g/mol. The van der Waals surface area contributed by atoms with E-state index in [1.54, 1.807) is 30.5 Å². The zero-order chi connectivity index (χ0) is 21.4. The maximum absolute atomic E-state index is 12.8. The molecule has 1 aliphatic rings. The van der Waals surface area contributed by atoms with Gasteiger partial charge in [0.15, 0.2) is 0 Å². The molecule has 3 aromatic carbocycles. The summed E-state index contributed by atoms with van der Waals surface area (Å²) in [5, 5.41) is 3.63. The van der Waals surface area contributed by atoms with Crippen LogP contribution in [-0.4, -0.2) is 10.9 Å². The number of anilines is 1. The Bertz CT molecular complexity index is 1280.